The molecule has 100 valence electrons. The van der Waals surface area contributed by atoms with Gasteiger partial charge in [0.25, 0.3) is 0 Å². The predicted octanol–water partition coefficient (Wildman–Crippen LogP) is 4.99. The Bertz CT molecular complexity index is 656. The summed E-state index contributed by atoms with van der Waals surface area (Å²) in [6.07, 6.45) is 7.04. The molecule has 0 fully saturated rings. The molecule has 0 nitrogen and oxygen atoms in total. The van der Waals surface area contributed by atoms with Gasteiger partial charge in [0.15, 0.2) is 0 Å². The molecule has 0 bridgehead atoms. The van der Waals surface area contributed by atoms with Crippen LogP contribution in [0, 0.1) is 5.82 Å². The fourth-order valence-electron chi connectivity index (χ4n) is 2.60. The van der Waals surface area contributed by atoms with Crippen molar-refractivity contribution in [1.29, 1.82) is 0 Å². The van der Waals surface area contributed by atoms with Crippen molar-refractivity contribution in [1.82, 2.24) is 0 Å². The highest BCUT2D eigenvalue weighted by Gasteiger charge is 2.33. The summed E-state index contributed by atoms with van der Waals surface area (Å²) in [6.45, 7) is 0. The fourth-order valence-corrected chi connectivity index (χ4v) is 3.06. The molecule has 1 aliphatic carbocycles. The van der Waals surface area contributed by atoms with Crippen molar-refractivity contribution in [3.05, 3.63) is 89.8 Å². The summed E-state index contributed by atoms with van der Waals surface area (Å²) in [5, 5.41) is 0. The van der Waals surface area contributed by atoms with E-state index < -0.39 is 4.75 Å². The second-order valence-electron chi connectivity index (χ2n) is 4.95. The van der Waals surface area contributed by atoms with Gasteiger partial charge >= 0.3 is 0 Å². The predicted molar refractivity (Wildman–Crippen MR) is 85.2 cm³/mol. The molecule has 2 heteroatoms. The van der Waals surface area contributed by atoms with Crippen LogP contribution in [0.25, 0.3) is 5.57 Å². The van der Waals surface area contributed by atoms with E-state index in [0.717, 1.165) is 23.1 Å². The molecular weight excluding hydrogens is 267 g/mol. The maximum atomic E-state index is 13.1. The molecular formula is C18H15FS. The third kappa shape index (κ3) is 2.32. The van der Waals surface area contributed by atoms with Gasteiger partial charge in [0.05, 0.1) is 4.75 Å². The zero-order valence-corrected chi connectivity index (χ0v) is 11.9. The van der Waals surface area contributed by atoms with Crippen molar-refractivity contribution in [3.8, 4) is 0 Å². The van der Waals surface area contributed by atoms with Gasteiger partial charge in [-0.15, -0.1) is 0 Å². The number of halogens is 1. The smallest absolute Gasteiger partial charge is 0.123 e. The number of rotatable bonds is 2. The maximum Gasteiger partial charge on any atom is 0.123 e. The van der Waals surface area contributed by atoms with Crippen LogP contribution in [-0.2, 0) is 4.75 Å². The minimum atomic E-state index is -0.413. The van der Waals surface area contributed by atoms with Gasteiger partial charge in [-0.3, -0.25) is 0 Å². The highest BCUT2D eigenvalue weighted by Crippen LogP contribution is 2.46. The van der Waals surface area contributed by atoms with E-state index in [-0.39, 0.29) is 5.82 Å². The highest BCUT2D eigenvalue weighted by atomic mass is 32.1. The van der Waals surface area contributed by atoms with Crippen LogP contribution in [-0.4, -0.2) is 0 Å². The summed E-state index contributed by atoms with van der Waals surface area (Å²) < 4.78 is 12.7. The van der Waals surface area contributed by atoms with E-state index in [4.69, 9.17) is 12.6 Å². The average molecular weight is 282 g/mol. The molecule has 0 aromatic heterocycles. The highest BCUT2D eigenvalue weighted by molar-refractivity contribution is 7.82. The summed E-state index contributed by atoms with van der Waals surface area (Å²) in [6, 6.07) is 16.8. The first-order valence-electron chi connectivity index (χ1n) is 6.61. The van der Waals surface area contributed by atoms with Crippen LogP contribution >= 0.6 is 12.6 Å². The third-order valence-corrected chi connectivity index (χ3v) is 4.35. The Hall–Kier alpha value is -1.80. The van der Waals surface area contributed by atoms with Crippen LogP contribution in [0.5, 0.6) is 0 Å². The lowest BCUT2D eigenvalue weighted by Crippen LogP contribution is -2.22. The second kappa shape index (κ2) is 5.29. The first kappa shape index (κ1) is 13.2. The molecule has 1 atom stereocenters. The number of allylic oxidation sites excluding steroid dienone is 3. The van der Waals surface area contributed by atoms with Gasteiger partial charge in [-0.05, 0) is 35.3 Å². The molecule has 2 aromatic carbocycles. The van der Waals surface area contributed by atoms with Gasteiger partial charge in [0, 0.05) is 0 Å². The zero-order chi connectivity index (χ0) is 14.0. The Morgan fingerprint density at radius 2 is 1.65 bits per heavy atom. The molecule has 0 spiro atoms. The van der Waals surface area contributed by atoms with Crippen LogP contribution < -0.4 is 0 Å². The van der Waals surface area contributed by atoms with Gasteiger partial charge in [-0.1, -0.05) is 60.7 Å². The molecule has 1 aliphatic rings. The van der Waals surface area contributed by atoms with Gasteiger partial charge in [-0.2, -0.15) is 12.6 Å². The van der Waals surface area contributed by atoms with Crippen molar-refractivity contribution in [2.24, 2.45) is 0 Å². The van der Waals surface area contributed by atoms with E-state index in [9.17, 15) is 4.39 Å². The SMILES string of the molecule is Fc1ccc(C2(S)CC=CC=C2c2ccccc2)cc1. The van der Waals surface area contributed by atoms with Crippen LogP contribution in [0.4, 0.5) is 4.39 Å². The quantitative estimate of drug-likeness (QED) is 0.737. The Labute approximate surface area is 124 Å². The van der Waals surface area contributed by atoms with Crippen LogP contribution in [0.2, 0.25) is 0 Å². The molecule has 3 rings (SSSR count). The average Bonchev–Trinajstić information content (AvgIpc) is 2.49. The van der Waals surface area contributed by atoms with Gasteiger partial charge in [-0.25, -0.2) is 4.39 Å². The minimum absolute atomic E-state index is 0.220. The lowest BCUT2D eigenvalue weighted by atomic mass is 9.81. The molecule has 0 N–H and O–H groups in total. The van der Waals surface area contributed by atoms with Crippen molar-refractivity contribution < 1.29 is 4.39 Å². The van der Waals surface area contributed by atoms with Crippen molar-refractivity contribution in [3.63, 3.8) is 0 Å². The minimum Gasteiger partial charge on any atom is -0.207 e. The molecule has 0 heterocycles. The lowest BCUT2D eigenvalue weighted by molar-refractivity contribution is 0.626. The number of thiol groups is 1. The Morgan fingerprint density at radius 3 is 2.35 bits per heavy atom. The van der Waals surface area contributed by atoms with E-state index in [1.165, 1.54) is 12.1 Å². The van der Waals surface area contributed by atoms with Gasteiger partial charge in [0.2, 0.25) is 0 Å². The Morgan fingerprint density at radius 1 is 0.950 bits per heavy atom. The van der Waals surface area contributed by atoms with E-state index in [1.807, 2.05) is 30.3 Å². The van der Waals surface area contributed by atoms with E-state index in [0.29, 0.717) is 0 Å². The summed E-state index contributed by atoms with van der Waals surface area (Å²) >= 11 is 4.94. The van der Waals surface area contributed by atoms with Gasteiger partial charge in [0.1, 0.15) is 5.82 Å². The zero-order valence-electron chi connectivity index (χ0n) is 11.0. The first-order chi connectivity index (χ1) is 9.70. The van der Waals surface area contributed by atoms with Crippen LogP contribution in [0.15, 0.2) is 72.8 Å². The van der Waals surface area contributed by atoms with E-state index >= 15 is 0 Å². The van der Waals surface area contributed by atoms with E-state index in [2.05, 4.69) is 30.4 Å². The molecule has 20 heavy (non-hydrogen) atoms. The number of benzene rings is 2. The van der Waals surface area contributed by atoms with Gasteiger partial charge < -0.3 is 0 Å². The third-order valence-electron chi connectivity index (χ3n) is 3.66. The maximum absolute atomic E-state index is 13.1. The van der Waals surface area contributed by atoms with Crippen molar-refractivity contribution in [2.45, 2.75) is 11.2 Å². The molecule has 0 amide bonds. The molecule has 2 aromatic rings. The van der Waals surface area contributed by atoms with Crippen LogP contribution in [0.1, 0.15) is 17.5 Å². The standard InChI is InChI=1S/C18H15FS/c19-16-11-9-15(10-12-16)18(20)13-5-4-8-17(18)14-6-2-1-3-7-14/h1-12,20H,13H2. The molecule has 0 saturated heterocycles. The lowest BCUT2D eigenvalue weighted by Gasteiger charge is -2.33. The molecule has 0 saturated carbocycles. The largest absolute Gasteiger partial charge is 0.207 e. The summed E-state index contributed by atoms with van der Waals surface area (Å²) in [5.41, 5.74) is 3.31. The Kier molecular flexibility index (Phi) is 3.49. The van der Waals surface area contributed by atoms with Crippen molar-refractivity contribution in [2.75, 3.05) is 0 Å². The monoisotopic (exact) mass is 282 g/mol. The summed E-state index contributed by atoms with van der Waals surface area (Å²) in [7, 11) is 0. The number of hydrogen-bond donors (Lipinski definition) is 1. The second-order valence-corrected chi connectivity index (χ2v) is 5.71. The van der Waals surface area contributed by atoms with Crippen molar-refractivity contribution >= 4 is 18.2 Å². The summed E-state index contributed by atoms with van der Waals surface area (Å²) in [5.74, 6) is -0.220. The topological polar surface area (TPSA) is 0 Å². The van der Waals surface area contributed by atoms with E-state index in [1.54, 1.807) is 0 Å². The van der Waals surface area contributed by atoms with Crippen LogP contribution in [0.3, 0.4) is 0 Å². The molecule has 0 radical (unpaired) electrons. The molecule has 1 unspecified atom stereocenters. The normalized spacial score (nSPS) is 21.6. The molecule has 0 aliphatic heterocycles. The number of hydrogen-bond acceptors (Lipinski definition) is 1. The summed E-state index contributed by atoms with van der Waals surface area (Å²) in [4.78, 5) is 0. The fraction of sp³-hybridized carbons (Fsp3) is 0.111. The Balaban J connectivity index is 2.09. The first-order valence-corrected chi connectivity index (χ1v) is 7.06.